The largest absolute Gasteiger partial charge is 0.374 e. The average Bonchev–Trinajstić information content (AvgIpc) is 2.12. The van der Waals surface area contributed by atoms with Crippen LogP contribution in [-0.4, -0.2) is 19.3 Å². The average molecular weight is 112 g/mol. The predicted octanol–water partition coefficient (Wildman–Crippen LogP) is 0.741. The van der Waals surface area contributed by atoms with Crippen molar-refractivity contribution in [3.63, 3.8) is 0 Å². The Morgan fingerprint density at radius 1 is 1.62 bits per heavy atom. The van der Waals surface area contributed by atoms with Gasteiger partial charge in [-0.1, -0.05) is 5.16 Å². The van der Waals surface area contributed by atoms with Crippen molar-refractivity contribution in [1.29, 1.82) is 0 Å². The van der Waals surface area contributed by atoms with E-state index in [9.17, 15) is 0 Å². The number of nitrogens with zero attached hydrogens (tertiary/aromatic N) is 2. The highest BCUT2D eigenvalue weighted by Crippen LogP contribution is 2.05. The highest BCUT2D eigenvalue weighted by molar-refractivity contribution is 5.37. The minimum atomic E-state index is 0.991. The van der Waals surface area contributed by atoms with Crippen molar-refractivity contribution < 1.29 is 4.52 Å². The second-order valence-electron chi connectivity index (χ2n) is 1.78. The quantitative estimate of drug-likeness (QED) is 0.536. The minimum absolute atomic E-state index is 0.991. The molecule has 0 radical (unpaired) electrons. The molecule has 0 aliphatic rings. The normalized spacial score (nSPS) is 9.25. The van der Waals surface area contributed by atoms with Gasteiger partial charge in [-0.05, 0) is 0 Å². The molecule has 1 aromatic rings. The first-order valence-electron chi connectivity index (χ1n) is 2.37. The Morgan fingerprint density at radius 2 is 2.38 bits per heavy atom. The summed E-state index contributed by atoms with van der Waals surface area (Å²) in [6.07, 6.45) is 3.26. The van der Waals surface area contributed by atoms with Crippen molar-refractivity contribution in [3.05, 3.63) is 12.5 Å². The first-order valence-corrected chi connectivity index (χ1v) is 2.37. The number of anilines is 1. The summed E-state index contributed by atoms with van der Waals surface area (Å²) in [4.78, 5) is 1.93. The molecule has 0 unspecified atom stereocenters. The third kappa shape index (κ3) is 0.804. The smallest absolute Gasteiger partial charge is 0.147 e. The van der Waals surface area contributed by atoms with E-state index in [1.165, 1.54) is 0 Å². The molecule has 44 valence electrons. The Labute approximate surface area is 47.9 Å². The molecule has 0 saturated heterocycles. The molecule has 1 rings (SSSR count). The summed E-state index contributed by atoms with van der Waals surface area (Å²) in [6.45, 7) is 0. The van der Waals surface area contributed by atoms with Gasteiger partial charge in [0, 0.05) is 14.1 Å². The third-order valence-corrected chi connectivity index (χ3v) is 0.936. The number of rotatable bonds is 1. The van der Waals surface area contributed by atoms with Gasteiger partial charge in [-0.2, -0.15) is 0 Å². The molecule has 8 heavy (non-hydrogen) atoms. The third-order valence-electron chi connectivity index (χ3n) is 0.936. The van der Waals surface area contributed by atoms with Crippen molar-refractivity contribution in [1.82, 2.24) is 5.16 Å². The molecule has 0 N–H and O–H groups in total. The molecule has 0 aliphatic carbocycles. The standard InChI is InChI=1S/C5H8N2O/c1-7(2)5-3-6-8-4-5/h3-4H,1-2H3. The van der Waals surface area contributed by atoms with E-state index in [0.29, 0.717) is 0 Å². The Morgan fingerprint density at radius 3 is 2.62 bits per heavy atom. The maximum Gasteiger partial charge on any atom is 0.147 e. The van der Waals surface area contributed by atoms with Gasteiger partial charge >= 0.3 is 0 Å². The Kier molecular flexibility index (Phi) is 1.20. The van der Waals surface area contributed by atoms with Crippen molar-refractivity contribution in [2.75, 3.05) is 19.0 Å². The zero-order valence-electron chi connectivity index (χ0n) is 4.96. The van der Waals surface area contributed by atoms with E-state index in [1.54, 1.807) is 12.5 Å². The van der Waals surface area contributed by atoms with Crippen LogP contribution in [0.4, 0.5) is 5.69 Å². The van der Waals surface area contributed by atoms with Gasteiger partial charge in [-0.3, -0.25) is 0 Å². The maximum absolute atomic E-state index is 4.58. The van der Waals surface area contributed by atoms with Crippen LogP contribution in [0.2, 0.25) is 0 Å². The van der Waals surface area contributed by atoms with Crippen LogP contribution >= 0.6 is 0 Å². The molecule has 0 aliphatic heterocycles. The zero-order chi connectivity index (χ0) is 5.98. The fourth-order valence-electron chi connectivity index (χ4n) is 0.420. The van der Waals surface area contributed by atoms with Crippen LogP contribution in [0.5, 0.6) is 0 Å². The van der Waals surface area contributed by atoms with Crippen LogP contribution in [0.15, 0.2) is 17.0 Å². The molecule has 0 bridgehead atoms. The van der Waals surface area contributed by atoms with E-state index in [4.69, 9.17) is 0 Å². The van der Waals surface area contributed by atoms with E-state index in [0.717, 1.165) is 5.69 Å². The summed E-state index contributed by atoms with van der Waals surface area (Å²) < 4.78 is 4.58. The lowest BCUT2D eigenvalue weighted by atomic mass is 10.5. The predicted molar refractivity (Wildman–Crippen MR) is 30.8 cm³/mol. The molecular weight excluding hydrogens is 104 g/mol. The fraction of sp³-hybridized carbons (Fsp3) is 0.400. The Balaban J connectivity index is 2.77. The van der Waals surface area contributed by atoms with E-state index < -0.39 is 0 Å². The molecule has 0 saturated carbocycles. The second kappa shape index (κ2) is 1.86. The van der Waals surface area contributed by atoms with Crippen LogP contribution in [0.3, 0.4) is 0 Å². The van der Waals surface area contributed by atoms with Crippen molar-refractivity contribution in [3.8, 4) is 0 Å². The minimum Gasteiger partial charge on any atom is -0.374 e. The Hall–Kier alpha value is -0.990. The lowest BCUT2D eigenvalue weighted by Crippen LogP contribution is -2.06. The lowest BCUT2D eigenvalue weighted by molar-refractivity contribution is 0.420. The molecular formula is C5H8N2O. The Bertz CT molecular complexity index is 145. The van der Waals surface area contributed by atoms with Gasteiger partial charge in [0.2, 0.25) is 0 Å². The van der Waals surface area contributed by atoms with Gasteiger partial charge in [-0.15, -0.1) is 0 Å². The van der Waals surface area contributed by atoms with Crippen molar-refractivity contribution in [2.45, 2.75) is 0 Å². The van der Waals surface area contributed by atoms with Gasteiger partial charge in [0.1, 0.15) is 6.26 Å². The fourth-order valence-corrected chi connectivity index (χ4v) is 0.420. The van der Waals surface area contributed by atoms with Gasteiger partial charge in [0.05, 0.1) is 11.9 Å². The summed E-state index contributed by atoms with van der Waals surface area (Å²) >= 11 is 0. The van der Waals surface area contributed by atoms with Crippen LogP contribution in [0.1, 0.15) is 0 Å². The van der Waals surface area contributed by atoms with Crippen LogP contribution < -0.4 is 4.90 Å². The monoisotopic (exact) mass is 112 g/mol. The summed E-state index contributed by atoms with van der Waals surface area (Å²) in [5.74, 6) is 0. The van der Waals surface area contributed by atoms with Crippen molar-refractivity contribution in [2.24, 2.45) is 0 Å². The lowest BCUT2D eigenvalue weighted by Gasteiger charge is -2.04. The SMILES string of the molecule is CN(C)c1cnoc1. The van der Waals surface area contributed by atoms with Gasteiger partial charge in [-0.25, -0.2) is 0 Å². The summed E-state index contributed by atoms with van der Waals surface area (Å²) in [7, 11) is 3.87. The molecule has 0 atom stereocenters. The maximum atomic E-state index is 4.58. The van der Waals surface area contributed by atoms with E-state index in [1.807, 2.05) is 19.0 Å². The van der Waals surface area contributed by atoms with E-state index in [-0.39, 0.29) is 0 Å². The van der Waals surface area contributed by atoms with E-state index in [2.05, 4.69) is 9.68 Å². The number of hydrogen-bond acceptors (Lipinski definition) is 3. The van der Waals surface area contributed by atoms with Crippen LogP contribution in [0, 0.1) is 0 Å². The number of aromatic nitrogens is 1. The molecule has 0 amide bonds. The highest BCUT2D eigenvalue weighted by atomic mass is 16.5. The molecule has 0 fully saturated rings. The number of hydrogen-bond donors (Lipinski definition) is 0. The van der Waals surface area contributed by atoms with Crippen LogP contribution in [0.25, 0.3) is 0 Å². The van der Waals surface area contributed by atoms with E-state index >= 15 is 0 Å². The highest BCUT2D eigenvalue weighted by Gasteiger charge is 1.93. The topological polar surface area (TPSA) is 29.3 Å². The first kappa shape index (κ1) is 5.15. The van der Waals surface area contributed by atoms with Gasteiger partial charge in [0.15, 0.2) is 0 Å². The molecule has 0 spiro atoms. The van der Waals surface area contributed by atoms with Gasteiger partial charge in [0.25, 0.3) is 0 Å². The first-order chi connectivity index (χ1) is 3.80. The summed E-state index contributed by atoms with van der Waals surface area (Å²) in [6, 6.07) is 0. The van der Waals surface area contributed by atoms with Crippen molar-refractivity contribution >= 4 is 5.69 Å². The molecule has 1 aromatic heterocycles. The molecule has 3 heteroatoms. The molecule has 1 heterocycles. The van der Waals surface area contributed by atoms with Gasteiger partial charge < -0.3 is 9.42 Å². The second-order valence-corrected chi connectivity index (χ2v) is 1.78. The summed E-state index contributed by atoms with van der Waals surface area (Å²) in [5.41, 5.74) is 0.991. The zero-order valence-corrected chi connectivity index (χ0v) is 4.96. The molecule has 3 nitrogen and oxygen atoms in total. The summed E-state index contributed by atoms with van der Waals surface area (Å²) in [5, 5.41) is 3.53. The molecule has 0 aromatic carbocycles. The van der Waals surface area contributed by atoms with Crippen LogP contribution in [-0.2, 0) is 0 Å².